The molecule has 0 saturated carbocycles. The summed E-state index contributed by atoms with van der Waals surface area (Å²) in [7, 11) is 3.34. The maximum Gasteiger partial charge on any atom is 0.212 e. The molecule has 154 valence electrons. The van der Waals surface area contributed by atoms with Gasteiger partial charge in [0, 0.05) is 11.6 Å². The quantitative estimate of drug-likeness (QED) is 0.317. The second-order valence-electron chi connectivity index (χ2n) is 7.93. The number of benzene rings is 1. The van der Waals surface area contributed by atoms with Crippen molar-refractivity contribution in [1.82, 2.24) is 0 Å². The second-order valence-corrected chi connectivity index (χ2v) is 7.93. The van der Waals surface area contributed by atoms with Gasteiger partial charge in [0.1, 0.15) is 18.1 Å². The van der Waals surface area contributed by atoms with Gasteiger partial charge in [0.25, 0.3) is 0 Å². The summed E-state index contributed by atoms with van der Waals surface area (Å²) < 4.78 is 16.7. The molecule has 2 rings (SSSR count). The Morgan fingerprint density at radius 3 is 2.29 bits per heavy atom. The number of hydrogen-bond acceptors (Lipinski definition) is 4. The van der Waals surface area contributed by atoms with Gasteiger partial charge < -0.3 is 14.2 Å². The molecule has 1 heterocycles. The number of methoxy groups -OCH3 is 2. The summed E-state index contributed by atoms with van der Waals surface area (Å²) in [6.07, 6.45) is 12.3. The van der Waals surface area contributed by atoms with E-state index in [0.29, 0.717) is 6.61 Å². The van der Waals surface area contributed by atoms with Crippen molar-refractivity contribution in [2.75, 3.05) is 20.8 Å². The van der Waals surface area contributed by atoms with Gasteiger partial charge >= 0.3 is 0 Å². The lowest BCUT2D eigenvalue weighted by Crippen LogP contribution is -2.17. The third-order valence-corrected chi connectivity index (χ3v) is 4.81. The Kier molecular flexibility index (Phi) is 8.62. The van der Waals surface area contributed by atoms with Crippen LogP contribution in [0.3, 0.4) is 0 Å². The minimum absolute atomic E-state index is 0.162. The molecule has 0 radical (unpaired) electrons. The van der Waals surface area contributed by atoms with E-state index < -0.39 is 0 Å². The molecule has 1 aromatic carbocycles. The van der Waals surface area contributed by atoms with Gasteiger partial charge in [-0.2, -0.15) is 0 Å². The van der Waals surface area contributed by atoms with Gasteiger partial charge in [-0.3, -0.25) is 0 Å². The van der Waals surface area contributed by atoms with E-state index in [1.807, 2.05) is 24.3 Å². The Hall–Kier alpha value is -2.23. The average Bonchev–Trinajstić information content (AvgIpc) is 3.05. The largest absolute Gasteiger partial charge is 0.497 e. The minimum Gasteiger partial charge on any atom is -0.497 e. The van der Waals surface area contributed by atoms with E-state index >= 15 is 0 Å². The van der Waals surface area contributed by atoms with Gasteiger partial charge in [0.2, 0.25) is 5.90 Å². The van der Waals surface area contributed by atoms with E-state index in [2.05, 4.69) is 26.5 Å². The van der Waals surface area contributed by atoms with E-state index in [9.17, 15) is 0 Å². The van der Waals surface area contributed by atoms with Gasteiger partial charge in [0.15, 0.2) is 0 Å². The predicted molar refractivity (Wildman–Crippen MR) is 118 cm³/mol. The molecule has 28 heavy (non-hydrogen) atoms. The summed E-state index contributed by atoms with van der Waals surface area (Å²) >= 11 is 0. The number of ether oxygens (including phenoxy) is 3. The highest BCUT2D eigenvalue weighted by atomic mass is 16.5. The molecular weight excluding hydrogens is 350 g/mol. The van der Waals surface area contributed by atoms with Crippen LogP contribution in [0, 0.1) is 0 Å². The first-order chi connectivity index (χ1) is 13.5. The SMILES string of the molecule is C=CCCCCCCC/C(=C\c1cc(OC)cc(OC)c1)C1=NC(C)(C)CO1. The normalized spacial score (nSPS) is 15.7. The molecule has 1 aromatic rings. The van der Waals surface area contributed by atoms with E-state index in [1.165, 1.54) is 25.7 Å². The molecular formula is C24H35NO3. The molecule has 0 aromatic heterocycles. The van der Waals surface area contributed by atoms with Gasteiger partial charge in [-0.05, 0) is 63.3 Å². The minimum atomic E-state index is -0.162. The molecule has 0 saturated heterocycles. The molecule has 0 unspecified atom stereocenters. The van der Waals surface area contributed by atoms with Crippen molar-refractivity contribution >= 4 is 12.0 Å². The van der Waals surface area contributed by atoms with Crippen molar-refractivity contribution < 1.29 is 14.2 Å². The van der Waals surface area contributed by atoms with Crippen LogP contribution in [0.2, 0.25) is 0 Å². The fourth-order valence-electron chi connectivity index (χ4n) is 3.24. The average molecular weight is 386 g/mol. The zero-order valence-corrected chi connectivity index (χ0v) is 17.9. The molecule has 0 aliphatic carbocycles. The third-order valence-electron chi connectivity index (χ3n) is 4.81. The van der Waals surface area contributed by atoms with Crippen LogP contribution >= 0.6 is 0 Å². The zero-order chi connectivity index (χ0) is 20.4. The number of rotatable bonds is 12. The van der Waals surface area contributed by atoms with Crippen molar-refractivity contribution in [3.63, 3.8) is 0 Å². The molecule has 1 aliphatic rings. The molecule has 4 nitrogen and oxygen atoms in total. The Morgan fingerprint density at radius 1 is 1.07 bits per heavy atom. The Labute approximate surface area is 170 Å². The van der Waals surface area contributed by atoms with E-state index in [-0.39, 0.29) is 5.54 Å². The van der Waals surface area contributed by atoms with Crippen LogP contribution in [0.15, 0.2) is 41.4 Å². The predicted octanol–water partition coefficient (Wildman–Crippen LogP) is 6.21. The molecule has 0 bridgehead atoms. The third kappa shape index (κ3) is 7.06. The fraction of sp³-hybridized carbons (Fsp3) is 0.542. The molecule has 1 aliphatic heterocycles. The summed E-state index contributed by atoms with van der Waals surface area (Å²) in [6.45, 7) is 8.62. The number of unbranched alkanes of at least 4 members (excludes halogenated alkanes) is 5. The number of aliphatic imine (C=N–C) groups is 1. The van der Waals surface area contributed by atoms with Crippen molar-refractivity contribution in [1.29, 1.82) is 0 Å². The maximum absolute atomic E-state index is 5.93. The number of hydrogen-bond donors (Lipinski definition) is 0. The van der Waals surface area contributed by atoms with Crippen molar-refractivity contribution in [2.45, 2.75) is 64.3 Å². The standard InChI is InChI=1S/C24H35NO3/c1-6-7-8-9-10-11-12-13-20(23-25-24(2,3)18-28-23)14-19-15-21(26-4)17-22(16-19)27-5/h6,14-17H,1,7-13,18H2,2-5H3/b20-14+. The molecule has 4 heteroatoms. The maximum atomic E-state index is 5.93. The van der Waals surface area contributed by atoms with Crippen LogP contribution in [0.4, 0.5) is 0 Å². The van der Waals surface area contributed by atoms with Crippen LogP contribution in [0.5, 0.6) is 11.5 Å². The first-order valence-corrected chi connectivity index (χ1v) is 10.2. The van der Waals surface area contributed by atoms with E-state index in [4.69, 9.17) is 19.2 Å². The lowest BCUT2D eigenvalue weighted by Gasteiger charge is -2.10. The number of allylic oxidation sites excluding steroid dienone is 1. The highest BCUT2D eigenvalue weighted by Gasteiger charge is 2.27. The van der Waals surface area contributed by atoms with Crippen LogP contribution in [-0.2, 0) is 4.74 Å². The van der Waals surface area contributed by atoms with Gasteiger partial charge in [0.05, 0.1) is 19.8 Å². The Bertz CT molecular complexity index is 682. The summed E-state index contributed by atoms with van der Waals surface area (Å²) in [4.78, 5) is 4.79. The molecule has 0 fully saturated rings. The number of nitrogens with zero attached hydrogens (tertiary/aromatic N) is 1. The van der Waals surface area contributed by atoms with Gasteiger partial charge in [-0.25, -0.2) is 4.99 Å². The summed E-state index contributed by atoms with van der Waals surface area (Å²) in [5, 5.41) is 0. The van der Waals surface area contributed by atoms with Crippen molar-refractivity contribution in [2.24, 2.45) is 4.99 Å². The highest BCUT2D eigenvalue weighted by molar-refractivity contribution is 5.99. The molecule has 0 atom stereocenters. The lowest BCUT2D eigenvalue weighted by molar-refractivity contribution is 0.278. The second kappa shape index (κ2) is 10.9. The van der Waals surface area contributed by atoms with E-state index in [1.54, 1.807) is 14.2 Å². The summed E-state index contributed by atoms with van der Waals surface area (Å²) in [5.41, 5.74) is 2.02. The van der Waals surface area contributed by atoms with Crippen LogP contribution in [0.1, 0.15) is 64.4 Å². The van der Waals surface area contributed by atoms with Gasteiger partial charge in [-0.1, -0.05) is 25.3 Å². The van der Waals surface area contributed by atoms with Crippen LogP contribution in [0.25, 0.3) is 6.08 Å². The highest BCUT2D eigenvalue weighted by Crippen LogP contribution is 2.28. The fourth-order valence-corrected chi connectivity index (χ4v) is 3.24. The lowest BCUT2D eigenvalue weighted by atomic mass is 10.0. The summed E-state index contributed by atoms with van der Waals surface area (Å²) in [6, 6.07) is 5.91. The molecule has 0 spiro atoms. The van der Waals surface area contributed by atoms with E-state index in [0.717, 1.165) is 47.8 Å². The molecule has 0 amide bonds. The summed E-state index contributed by atoms with van der Waals surface area (Å²) in [5.74, 6) is 2.34. The first-order valence-electron chi connectivity index (χ1n) is 10.2. The van der Waals surface area contributed by atoms with Gasteiger partial charge in [-0.15, -0.1) is 6.58 Å². The molecule has 0 N–H and O–H groups in total. The topological polar surface area (TPSA) is 40.0 Å². The van der Waals surface area contributed by atoms with Crippen LogP contribution in [-0.4, -0.2) is 32.3 Å². The smallest absolute Gasteiger partial charge is 0.212 e. The Morgan fingerprint density at radius 2 is 1.71 bits per heavy atom. The Balaban J connectivity index is 2.12. The van der Waals surface area contributed by atoms with Crippen molar-refractivity contribution in [3.05, 3.63) is 42.0 Å². The first kappa shape index (κ1) is 22.1. The van der Waals surface area contributed by atoms with Crippen LogP contribution < -0.4 is 9.47 Å². The monoisotopic (exact) mass is 385 g/mol. The zero-order valence-electron chi connectivity index (χ0n) is 17.9. The van der Waals surface area contributed by atoms with Crippen molar-refractivity contribution in [3.8, 4) is 11.5 Å².